The molecule has 1 N–H and O–H groups in total. The van der Waals surface area contributed by atoms with Crippen molar-refractivity contribution in [1.29, 1.82) is 0 Å². The maximum Gasteiger partial charge on any atom is 0.134 e. The van der Waals surface area contributed by atoms with Crippen LogP contribution in [0.25, 0.3) is 0 Å². The van der Waals surface area contributed by atoms with Crippen LogP contribution in [0.4, 0.5) is 0 Å². The average Bonchev–Trinajstić information content (AvgIpc) is 2.87. The smallest absolute Gasteiger partial charge is 0.134 e. The summed E-state index contributed by atoms with van der Waals surface area (Å²) >= 11 is 1.74. The van der Waals surface area contributed by atoms with E-state index in [1.165, 1.54) is 21.6 Å². The molecule has 0 bridgehead atoms. The molecule has 0 aliphatic heterocycles. The molecule has 1 unspecified atom stereocenters. The van der Waals surface area contributed by atoms with Crippen LogP contribution < -0.4 is 10.1 Å². The molecule has 1 atom stereocenters. The summed E-state index contributed by atoms with van der Waals surface area (Å²) in [7, 11) is 1.73. The van der Waals surface area contributed by atoms with E-state index in [0.717, 1.165) is 12.3 Å². The highest BCUT2D eigenvalue weighted by Gasteiger charge is 2.19. The van der Waals surface area contributed by atoms with Crippen molar-refractivity contribution in [3.8, 4) is 5.75 Å². The Balaban J connectivity index is 2.42. The first-order chi connectivity index (χ1) is 9.17. The fraction of sp³-hybridized carbons (Fsp3) is 0.375. The lowest BCUT2D eigenvalue weighted by molar-refractivity contribution is 0.408. The quantitative estimate of drug-likeness (QED) is 0.888. The normalized spacial score (nSPS) is 12.4. The first-order valence-electron chi connectivity index (χ1n) is 6.59. The van der Waals surface area contributed by atoms with Crippen LogP contribution in [0.1, 0.15) is 34.5 Å². The lowest BCUT2D eigenvalue weighted by Gasteiger charge is -2.19. The molecule has 0 fully saturated rings. The van der Waals surface area contributed by atoms with Crippen LogP contribution in [-0.4, -0.2) is 13.7 Å². The highest BCUT2D eigenvalue weighted by molar-refractivity contribution is 7.10. The van der Waals surface area contributed by atoms with E-state index in [0.29, 0.717) is 0 Å². The Kier molecular flexibility index (Phi) is 4.61. The van der Waals surface area contributed by atoms with Gasteiger partial charge >= 0.3 is 0 Å². The first-order valence-corrected chi connectivity index (χ1v) is 7.47. The molecule has 3 heteroatoms. The van der Waals surface area contributed by atoms with Gasteiger partial charge in [0.15, 0.2) is 0 Å². The molecule has 2 aromatic rings. The summed E-state index contributed by atoms with van der Waals surface area (Å²) in [6, 6.07) is 8.90. The van der Waals surface area contributed by atoms with E-state index >= 15 is 0 Å². The highest BCUT2D eigenvalue weighted by atomic mass is 32.1. The minimum absolute atomic E-state index is 0.208. The predicted molar refractivity (Wildman–Crippen MR) is 82.3 cm³/mol. The van der Waals surface area contributed by atoms with Crippen molar-refractivity contribution in [2.45, 2.75) is 26.8 Å². The molecule has 0 aliphatic rings. The van der Waals surface area contributed by atoms with Gasteiger partial charge in [-0.1, -0.05) is 25.1 Å². The van der Waals surface area contributed by atoms with Crippen molar-refractivity contribution < 1.29 is 4.74 Å². The van der Waals surface area contributed by atoms with Gasteiger partial charge in [-0.2, -0.15) is 0 Å². The van der Waals surface area contributed by atoms with Gasteiger partial charge in [0.05, 0.1) is 18.0 Å². The molecule has 1 heterocycles. The lowest BCUT2D eigenvalue weighted by Crippen LogP contribution is -2.21. The van der Waals surface area contributed by atoms with Crippen LogP contribution in [0.3, 0.4) is 0 Å². The molecule has 0 amide bonds. The lowest BCUT2D eigenvalue weighted by atomic mass is 9.99. The molecular weight excluding hydrogens is 254 g/mol. The van der Waals surface area contributed by atoms with Crippen LogP contribution in [0, 0.1) is 13.8 Å². The van der Waals surface area contributed by atoms with Crippen LogP contribution >= 0.6 is 11.3 Å². The second kappa shape index (κ2) is 6.22. The maximum atomic E-state index is 5.46. The molecule has 0 saturated heterocycles. The van der Waals surface area contributed by atoms with Crippen molar-refractivity contribution in [3.63, 3.8) is 0 Å². The largest absolute Gasteiger partial charge is 0.496 e. The number of hydrogen-bond donors (Lipinski definition) is 1. The van der Waals surface area contributed by atoms with E-state index < -0.39 is 0 Å². The van der Waals surface area contributed by atoms with E-state index in [-0.39, 0.29) is 6.04 Å². The fourth-order valence-electron chi connectivity index (χ4n) is 2.20. The number of benzene rings is 1. The summed E-state index contributed by atoms with van der Waals surface area (Å²) in [4.78, 5) is 1.24. The van der Waals surface area contributed by atoms with E-state index in [1.54, 1.807) is 18.4 Å². The number of thiophene rings is 1. The Morgan fingerprint density at radius 3 is 2.63 bits per heavy atom. The zero-order valence-electron chi connectivity index (χ0n) is 12.0. The standard InChI is InChI=1S/C16H21NOS/c1-5-17-15(16-14(18-4)8-9-19-16)13-7-6-11(2)12(3)10-13/h6-10,15,17H,5H2,1-4H3. The molecular formula is C16H21NOS. The third-order valence-electron chi connectivity index (χ3n) is 3.41. The van der Waals surface area contributed by atoms with Gasteiger partial charge in [0.1, 0.15) is 5.75 Å². The van der Waals surface area contributed by atoms with Crippen molar-refractivity contribution in [3.05, 3.63) is 51.2 Å². The van der Waals surface area contributed by atoms with E-state index in [4.69, 9.17) is 4.74 Å². The summed E-state index contributed by atoms with van der Waals surface area (Å²) in [5.41, 5.74) is 3.96. The van der Waals surface area contributed by atoms with Gasteiger partial charge in [-0.05, 0) is 48.5 Å². The number of methoxy groups -OCH3 is 1. The summed E-state index contributed by atoms with van der Waals surface area (Å²) in [6.07, 6.45) is 0. The average molecular weight is 275 g/mol. The summed E-state index contributed by atoms with van der Waals surface area (Å²) in [6.45, 7) is 7.37. The molecule has 0 radical (unpaired) electrons. The van der Waals surface area contributed by atoms with Crippen LogP contribution in [0.15, 0.2) is 29.6 Å². The summed E-state index contributed by atoms with van der Waals surface area (Å²) in [5.74, 6) is 0.967. The first kappa shape index (κ1) is 14.1. The second-order valence-corrected chi connectivity index (χ2v) is 5.64. The van der Waals surface area contributed by atoms with Crippen molar-refractivity contribution in [2.75, 3.05) is 13.7 Å². The number of aryl methyl sites for hydroxylation is 2. The topological polar surface area (TPSA) is 21.3 Å². The number of nitrogens with one attached hydrogen (secondary N) is 1. The maximum absolute atomic E-state index is 5.46. The molecule has 0 spiro atoms. The number of ether oxygens (including phenoxy) is 1. The molecule has 1 aromatic heterocycles. The minimum Gasteiger partial charge on any atom is -0.496 e. The predicted octanol–water partition coefficient (Wildman–Crippen LogP) is 4.07. The molecule has 1 aromatic carbocycles. The Morgan fingerprint density at radius 1 is 1.21 bits per heavy atom. The van der Waals surface area contributed by atoms with E-state index in [9.17, 15) is 0 Å². The van der Waals surface area contributed by atoms with Crippen molar-refractivity contribution >= 4 is 11.3 Å². The van der Waals surface area contributed by atoms with Gasteiger partial charge in [0, 0.05) is 0 Å². The minimum atomic E-state index is 0.208. The summed E-state index contributed by atoms with van der Waals surface area (Å²) in [5, 5.41) is 5.64. The Hall–Kier alpha value is -1.32. The zero-order valence-corrected chi connectivity index (χ0v) is 12.8. The van der Waals surface area contributed by atoms with Gasteiger partial charge in [-0.15, -0.1) is 11.3 Å². The Morgan fingerprint density at radius 2 is 2.00 bits per heavy atom. The molecule has 0 aliphatic carbocycles. The van der Waals surface area contributed by atoms with Crippen LogP contribution in [0.2, 0.25) is 0 Å². The van der Waals surface area contributed by atoms with Crippen LogP contribution in [-0.2, 0) is 0 Å². The van der Waals surface area contributed by atoms with Gasteiger partial charge in [0.2, 0.25) is 0 Å². The van der Waals surface area contributed by atoms with Crippen molar-refractivity contribution in [1.82, 2.24) is 5.32 Å². The molecule has 2 nitrogen and oxygen atoms in total. The Labute approximate surface area is 119 Å². The van der Waals surface area contributed by atoms with Crippen LogP contribution in [0.5, 0.6) is 5.75 Å². The SMILES string of the molecule is CCNC(c1ccc(C)c(C)c1)c1sccc1OC. The van der Waals surface area contributed by atoms with Gasteiger partial charge in [-0.25, -0.2) is 0 Å². The molecule has 0 saturated carbocycles. The van der Waals surface area contributed by atoms with E-state index in [2.05, 4.69) is 49.7 Å². The van der Waals surface area contributed by atoms with E-state index in [1.807, 2.05) is 6.07 Å². The third-order valence-corrected chi connectivity index (χ3v) is 4.37. The molecule has 102 valence electrons. The highest BCUT2D eigenvalue weighted by Crippen LogP contribution is 2.35. The molecule has 2 rings (SSSR count). The van der Waals surface area contributed by atoms with Gasteiger partial charge in [0.25, 0.3) is 0 Å². The van der Waals surface area contributed by atoms with Crippen molar-refractivity contribution in [2.24, 2.45) is 0 Å². The monoisotopic (exact) mass is 275 g/mol. The van der Waals surface area contributed by atoms with Gasteiger partial charge < -0.3 is 10.1 Å². The zero-order chi connectivity index (χ0) is 13.8. The number of hydrogen-bond acceptors (Lipinski definition) is 3. The second-order valence-electron chi connectivity index (χ2n) is 4.69. The summed E-state index contributed by atoms with van der Waals surface area (Å²) < 4.78 is 5.46. The third kappa shape index (κ3) is 2.99. The Bertz CT molecular complexity index is 547. The molecule has 19 heavy (non-hydrogen) atoms. The number of rotatable bonds is 5. The van der Waals surface area contributed by atoms with Gasteiger partial charge in [-0.3, -0.25) is 0 Å². The fourth-order valence-corrected chi connectivity index (χ4v) is 3.16.